The predicted octanol–water partition coefficient (Wildman–Crippen LogP) is 1.41. The zero-order valence-electron chi connectivity index (χ0n) is 10.5. The Hall–Kier alpha value is -1.82. The van der Waals surface area contributed by atoms with E-state index in [0.29, 0.717) is 18.6 Å². The third-order valence-corrected chi connectivity index (χ3v) is 3.20. The van der Waals surface area contributed by atoms with Crippen molar-refractivity contribution in [3.8, 4) is 5.75 Å². The highest BCUT2D eigenvalue weighted by molar-refractivity contribution is 6.60. The molecule has 102 valence electrons. The summed E-state index contributed by atoms with van der Waals surface area (Å²) < 4.78 is 5.55. The molecule has 0 aliphatic carbocycles. The van der Waals surface area contributed by atoms with Crippen LogP contribution in [0.3, 0.4) is 0 Å². The van der Waals surface area contributed by atoms with Crippen LogP contribution in [-0.2, 0) is 6.61 Å². The maximum atomic E-state index is 11.0. The first-order chi connectivity index (χ1) is 9.63. The quantitative estimate of drug-likeness (QED) is 0.645. The van der Waals surface area contributed by atoms with Crippen LogP contribution in [0.4, 0.5) is 0 Å². The highest BCUT2D eigenvalue weighted by Gasteiger charge is 2.20. The van der Waals surface area contributed by atoms with Gasteiger partial charge in [-0.15, -0.1) is 0 Å². The second-order valence-electron chi connectivity index (χ2n) is 4.15. The van der Waals surface area contributed by atoms with Crippen molar-refractivity contribution in [3.63, 3.8) is 0 Å². The van der Waals surface area contributed by atoms with E-state index in [-0.39, 0.29) is 16.0 Å². The monoisotopic (exact) mass is 290 g/mol. The number of hydrogen-bond donors (Lipinski definition) is 2. The second kappa shape index (κ2) is 6.57. The SMILES string of the molecule is O=Cc1c(B(O)O)ccc(OCc2ccccc2)c1Cl. The molecule has 2 aromatic rings. The van der Waals surface area contributed by atoms with E-state index in [1.165, 1.54) is 12.1 Å². The van der Waals surface area contributed by atoms with Crippen molar-refractivity contribution in [3.05, 3.63) is 58.6 Å². The second-order valence-corrected chi connectivity index (χ2v) is 4.52. The van der Waals surface area contributed by atoms with Crippen LogP contribution in [0.5, 0.6) is 5.75 Å². The van der Waals surface area contributed by atoms with Crippen LogP contribution in [0.2, 0.25) is 5.02 Å². The summed E-state index contributed by atoms with van der Waals surface area (Å²) in [7, 11) is -1.75. The van der Waals surface area contributed by atoms with Crippen molar-refractivity contribution >= 4 is 30.5 Å². The van der Waals surface area contributed by atoms with Crippen LogP contribution in [0.1, 0.15) is 15.9 Å². The lowest BCUT2D eigenvalue weighted by molar-refractivity contribution is 0.112. The minimum Gasteiger partial charge on any atom is -0.487 e. The van der Waals surface area contributed by atoms with Crippen molar-refractivity contribution in [2.45, 2.75) is 6.61 Å². The summed E-state index contributed by atoms with van der Waals surface area (Å²) in [5.74, 6) is 0.321. The van der Waals surface area contributed by atoms with E-state index < -0.39 is 7.12 Å². The molecule has 0 saturated heterocycles. The molecule has 0 aromatic heterocycles. The lowest BCUT2D eigenvalue weighted by Gasteiger charge is -2.12. The minimum absolute atomic E-state index is 0.0206. The molecule has 2 N–H and O–H groups in total. The number of rotatable bonds is 5. The molecular weight excluding hydrogens is 278 g/mol. The van der Waals surface area contributed by atoms with Gasteiger partial charge in [-0.25, -0.2) is 0 Å². The summed E-state index contributed by atoms with van der Waals surface area (Å²) in [6.07, 6.45) is 0.479. The molecule has 0 bridgehead atoms. The highest BCUT2D eigenvalue weighted by Crippen LogP contribution is 2.27. The number of aldehydes is 1. The molecule has 6 heteroatoms. The van der Waals surface area contributed by atoms with Crippen LogP contribution < -0.4 is 10.2 Å². The first-order valence-corrected chi connectivity index (χ1v) is 6.31. The summed E-state index contributed by atoms with van der Waals surface area (Å²) in [4.78, 5) is 11.0. The lowest BCUT2D eigenvalue weighted by Crippen LogP contribution is -2.33. The zero-order chi connectivity index (χ0) is 14.5. The molecule has 0 saturated carbocycles. The molecular formula is C14H12BClO4. The molecule has 0 atom stereocenters. The number of benzene rings is 2. The molecule has 0 amide bonds. The van der Waals surface area contributed by atoms with Crippen LogP contribution >= 0.6 is 11.6 Å². The number of hydrogen-bond acceptors (Lipinski definition) is 4. The number of carbonyl (C=O) groups excluding carboxylic acids is 1. The van der Waals surface area contributed by atoms with Crippen LogP contribution in [0, 0.1) is 0 Å². The summed E-state index contributed by atoms with van der Waals surface area (Å²) >= 11 is 6.05. The first-order valence-electron chi connectivity index (χ1n) is 5.94. The molecule has 0 aliphatic heterocycles. The van der Waals surface area contributed by atoms with E-state index >= 15 is 0 Å². The first kappa shape index (κ1) is 14.6. The Morgan fingerprint density at radius 2 is 1.85 bits per heavy atom. The molecule has 0 spiro atoms. The van der Waals surface area contributed by atoms with Gasteiger partial charge in [-0.2, -0.15) is 0 Å². The molecule has 0 fully saturated rings. The third kappa shape index (κ3) is 3.19. The predicted molar refractivity (Wildman–Crippen MR) is 77.4 cm³/mol. The van der Waals surface area contributed by atoms with Crippen molar-refractivity contribution in [1.82, 2.24) is 0 Å². The zero-order valence-corrected chi connectivity index (χ0v) is 11.2. The van der Waals surface area contributed by atoms with E-state index in [4.69, 9.17) is 26.4 Å². The highest BCUT2D eigenvalue weighted by atomic mass is 35.5. The van der Waals surface area contributed by atoms with E-state index in [2.05, 4.69) is 0 Å². The Morgan fingerprint density at radius 3 is 2.45 bits per heavy atom. The molecule has 0 heterocycles. The average molecular weight is 291 g/mol. The number of halogens is 1. The maximum Gasteiger partial charge on any atom is 0.489 e. The van der Waals surface area contributed by atoms with E-state index in [1.54, 1.807) is 0 Å². The van der Waals surface area contributed by atoms with Crippen molar-refractivity contribution in [2.75, 3.05) is 0 Å². The molecule has 0 aliphatic rings. The number of ether oxygens (including phenoxy) is 1. The summed E-state index contributed by atoms with van der Waals surface area (Å²) in [6, 6.07) is 12.4. The van der Waals surface area contributed by atoms with E-state index in [1.807, 2.05) is 30.3 Å². The van der Waals surface area contributed by atoms with Gasteiger partial charge < -0.3 is 14.8 Å². The van der Waals surface area contributed by atoms with Gasteiger partial charge in [0.1, 0.15) is 12.4 Å². The average Bonchev–Trinajstić information content (AvgIpc) is 2.46. The van der Waals surface area contributed by atoms with E-state index in [0.717, 1.165) is 5.56 Å². The Morgan fingerprint density at radius 1 is 1.15 bits per heavy atom. The minimum atomic E-state index is -1.75. The molecule has 2 rings (SSSR count). The molecule has 20 heavy (non-hydrogen) atoms. The van der Waals surface area contributed by atoms with E-state index in [9.17, 15) is 4.79 Å². The van der Waals surface area contributed by atoms with Crippen molar-refractivity contribution < 1.29 is 19.6 Å². The Kier molecular flexibility index (Phi) is 4.79. The normalized spacial score (nSPS) is 10.2. The molecule has 2 aromatic carbocycles. The summed E-state index contributed by atoms with van der Waals surface area (Å²) in [5, 5.41) is 18.4. The maximum absolute atomic E-state index is 11.0. The van der Waals surface area contributed by atoms with Gasteiger partial charge >= 0.3 is 7.12 Å². The van der Waals surface area contributed by atoms with Gasteiger partial charge in [0.2, 0.25) is 0 Å². The Balaban J connectivity index is 2.23. The van der Waals surface area contributed by atoms with Gasteiger partial charge in [-0.1, -0.05) is 48.0 Å². The largest absolute Gasteiger partial charge is 0.489 e. The Bertz CT molecular complexity index is 602. The lowest BCUT2D eigenvalue weighted by atomic mass is 9.77. The van der Waals surface area contributed by atoms with Gasteiger partial charge in [0.25, 0.3) is 0 Å². The fourth-order valence-electron chi connectivity index (χ4n) is 1.78. The summed E-state index contributed by atoms with van der Waals surface area (Å²) in [5.41, 5.74) is 1.03. The third-order valence-electron chi connectivity index (χ3n) is 2.81. The van der Waals surface area contributed by atoms with Crippen LogP contribution in [-0.4, -0.2) is 23.5 Å². The van der Waals surface area contributed by atoms with Gasteiger partial charge in [0.05, 0.1) is 5.02 Å². The van der Waals surface area contributed by atoms with Gasteiger partial charge in [0.15, 0.2) is 6.29 Å². The van der Waals surface area contributed by atoms with Crippen molar-refractivity contribution in [1.29, 1.82) is 0 Å². The van der Waals surface area contributed by atoms with Crippen molar-refractivity contribution in [2.24, 2.45) is 0 Å². The molecule has 4 nitrogen and oxygen atoms in total. The fraction of sp³-hybridized carbons (Fsp3) is 0.0714. The van der Waals surface area contributed by atoms with Crippen LogP contribution in [0.25, 0.3) is 0 Å². The summed E-state index contributed by atoms with van der Waals surface area (Å²) in [6.45, 7) is 0.305. The standard InChI is InChI=1S/C14H12BClO4/c16-14-11(8-17)12(15(18)19)6-7-13(14)20-9-10-4-2-1-3-5-10/h1-8,18-19H,9H2. The molecule has 0 unspecified atom stereocenters. The van der Waals surface area contributed by atoms with Gasteiger partial charge in [-0.3, -0.25) is 4.79 Å². The number of carbonyl (C=O) groups is 1. The Labute approximate surface area is 121 Å². The van der Waals surface area contributed by atoms with Gasteiger partial charge in [0, 0.05) is 5.56 Å². The smallest absolute Gasteiger partial charge is 0.487 e. The molecule has 0 radical (unpaired) electrons. The van der Waals surface area contributed by atoms with Crippen LogP contribution in [0.15, 0.2) is 42.5 Å². The van der Waals surface area contributed by atoms with Gasteiger partial charge in [-0.05, 0) is 17.1 Å². The topological polar surface area (TPSA) is 66.8 Å². The fourth-order valence-corrected chi connectivity index (χ4v) is 2.05.